The number of aryl methyl sites for hydroxylation is 1. The maximum absolute atomic E-state index is 13.5. The summed E-state index contributed by atoms with van der Waals surface area (Å²) in [4.78, 5) is 43.1. The predicted molar refractivity (Wildman–Crippen MR) is 133 cm³/mol. The third-order valence-corrected chi connectivity index (χ3v) is 6.63. The van der Waals surface area contributed by atoms with Crippen LogP contribution in [0.5, 0.6) is 5.75 Å². The molecule has 1 aliphatic carbocycles. The summed E-state index contributed by atoms with van der Waals surface area (Å²) in [6.07, 6.45) is 2.18. The van der Waals surface area contributed by atoms with Gasteiger partial charge in [-0.3, -0.25) is 14.5 Å². The van der Waals surface area contributed by atoms with Crippen molar-refractivity contribution in [3.05, 3.63) is 59.7 Å². The van der Waals surface area contributed by atoms with E-state index in [1.165, 1.54) is 9.80 Å². The molecule has 9 nitrogen and oxygen atoms in total. The minimum Gasteiger partial charge on any atom is -0.497 e. The predicted octanol–water partition coefficient (Wildman–Crippen LogP) is 2.71. The van der Waals surface area contributed by atoms with Crippen LogP contribution in [0.3, 0.4) is 0 Å². The van der Waals surface area contributed by atoms with E-state index in [9.17, 15) is 14.4 Å². The number of rotatable bonds is 5. The van der Waals surface area contributed by atoms with E-state index in [0.717, 1.165) is 31.2 Å². The Labute approximate surface area is 205 Å². The van der Waals surface area contributed by atoms with Crippen LogP contribution in [0.2, 0.25) is 0 Å². The second-order valence-electron chi connectivity index (χ2n) is 9.22. The lowest BCUT2D eigenvalue weighted by atomic mass is 9.92. The lowest BCUT2D eigenvalue weighted by molar-refractivity contribution is -0.128. The average molecular weight is 480 g/mol. The number of amides is 4. The van der Waals surface area contributed by atoms with Gasteiger partial charge in [-0.25, -0.2) is 4.79 Å². The summed E-state index contributed by atoms with van der Waals surface area (Å²) in [6, 6.07) is 13.9. The van der Waals surface area contributed by atoms with Crippen molar-refractivity contribution in [2.45, 2.75) is 50.9 Å². The number of nitrogens with zero attached hydrogens (tertiary/aromatic N) is 2. The van der Waals surface area contributed by atoms with E-state index in [4.69, 9.17) is 10.5 Å². The SMILES string of the molecule is COc1cccc(NC(=O)N2CCN(C(=O)c3cccc(C)c3)C2C(=O)NC2CCC(N)CC2)c1. The van der Waals surface area contributed by atoms with Gasteiger partial charge in [-0.2, -0.15) is 0 Å². The number of benzene rings is 2. The first-order chi connectivity index (χ1) is 16.9. The van der Waals surface area contributed by atoms with Crippen LogP contribution in [0, 0.1) is 6.92 Å². The topological polar surface area (TPSA) is 117 Å². The van der Waals surface area contributed by atoms with Gasteiger partial charge >= 0.3 is 6.03 Å². The van der Waals surface area contributed by atoms with E-state index in [0.29, 0.717) is 17.0 Å². The molecule has 0 bridgehead atoms. The number of hydrogen-bond acceptors (Lipinski definition) is 5. The summed E-state index contributed by atoms with van der Waals surface area (Å²) >= 11 is 0. The van der Waals surface area contributed by atoms with Gasteiger partial charge in [0, 0.05) is 42.5 Å². The molecule has 35 heavy (non-hydrogen) atoms. The minimum absolute atomic E-state index is 0.0258. The molecule has 2 aromatic rings. The maximum Gasteiger partial charge on any atom is 0.323 e. The zero-order chi connectivity index (χ0) is 24.9. The van der Waals surface area contributed by atoms with Crippen molar-refractivity contribution in [2.75, 3.05) is 25.5 Å². The first-order valence-electron chi connectivity index (χ1n) is 12.0. The fraction of sp³-hybridized carbons (Fsp3) is 0.423. The number of carbonyl (C=O) groups is 3. The van der Waals surface area contributed by atoms with Crippen molar-refractivity contribution in [1.82, 2.24) is 15.1 Å². The molecule has 1 unspecified atom stereocenters. The van der Waals surface area contributed by atoms with Crippen molar-refractivity contribution in [2.24, 2.45) is 5.73 Å². The highest BCUT2D eigenvalue weighted by Gasteiger charge is 2.43. The molecule has 0 spiro atoms. The number of methoxy groups -OCH3 is 1. The second-order valence-corrected chi connectivity index (χ2v) is 9.22. The van der Waals surface area contributed by atoms with Crippen molar-refractivity contribution < 1.29 is 19.1 Å². The van der Waals surface area contributed by atoms with E-state index in [-0.39, 0.29) is 37.0 Å². The fourth-order valence-electron chi connectivity index (χ4n) is 4.72. The Morgan fingerprint density at radius 3 is 2.40 bits per heavy atom. The first-order valence-corrected chi connectivity index (χ1v) is 12.0. The van der Waals surface area contributed by atoms with E-state index in [1.807, 2.05) is 19.1 Å². The van der Waals surface area contributed by atoms with Crippen molar-refractivity contribution in [3.8, 4) is 5.75 Å². The van der Waals surface area contributed by atoms with Gasteiger partial charge in [0.05, 0.1) is 7.11 Å². The summed E-state index contributed by atoms with van der Waals surface area (Å²) < 4.78 is 5.23. The molecule has 2 aliphatic rings. The quantitative estimate of drug-likeness (QED) is 0.610. The van der Waals surface area contributed by atoms with Crippen LogP contribution < -0.4 is 21.1 Å². The molecule has 1 saturated heterocycles. The number of nitrogens with one attached hydrogen (secondary N) is 2. The van der Waals surface area contributed by atoms with Crippen LogP contribution in [-0.4, -0.2) is 66.1 Å². The maximum atomic E-state index is 13.5. The van der Waals surface area contributed by atoms with Crippen LogP contribution in [0.1, 0.15) is 41.6 Å². The molecule has 0 radical (unpaired) electrons. The first kappa shape index (κ1) is 24.5. The van der Waals surface area contributed by atoms with Gasteiger partial charge in [-0.15, -0.1) is 0 Å². The van der Waals surface area contributed by atoms with E-state index < -0.39 is 12.2 Å². The largest absolute Gasteiger partial charge is 0.497 e. The normalized spacial score (nSPS) is 22.0. The summed E-state index contributed by atoms with van der Waals surface area (Å²) in [6.45, 7) is 2.40. The molecule has 1 saturated carbocycles. The highest BCUT2D eigenvalue weighted by molar-refractivity contribution is 6.00. The van der Waals surface area contributed by atoms with Crippen LogP contribution in [0.25, 0.3) is 0 Å². The molecule has 1 heterocycles. The molecule has 4 amide bonds. The van der Waals surface area contributed by atoms with Gasteiger partial charge in [0.15, 0.2) is 6.17 Å². The monoisotopic (exact) mass is 479 g/mol. The summed E-state index contributed by atoms with van der Waals surface area (Å²) in [5, 5.41) is 5.90. The Morgan fingerprint density at radius 2 is 1.69 bits per heavy atom. The summed E-state index contributed by atoms with van der Waals surface area (Å²) in [5.41, 5.74) is 7.98. The van der Waals surface area contributed by atoms with Crippen molar-refractivity contribution in [1.29, 1.82) is 0 Å². The number of hydrogen-bond donors (Lipinski definition) is 3. The summed E-state index contributed by atoms with van der Waals surface area (Å²) in [5.74, 6) is -0.0359. The molecule has 2 aromatic carbocycles. The fourth-order valence-corrected chi connectivity index (χ4v) is 4.72. The van der Waals surface area contributed by atoms with Crippen LogP contribution in [-0.2, 0) is 4.79 Å². The lowest BCUT2D eigenvalue weighted by Gasteiger charge is -2.32. The van der Waals surface area contributed by atoms with Crippen LogP contribution in [0.15, 0.2) is 48.5 Å². The highest BCUT2D eigenvalue weighted by Crippen LogP contribution is 2.24. The number of anilines is 1. The number of urea groups is 1. The Bertz CT molecular complexity index is 1080. The molecule has 186 valence electrons. The highest BCUT2D eigenvalue weighted by atomic mass is 16.5. The van der Waals surface area contributed by atoms with Crippen molar-refractivity contribution >= 4 is 23.5 Å². The molecule has 1 atom stereocenters. The smallest absolute Gasteiger partial charge is 0.323 e. The number of nitrogens with two attached hydrogens (primary N) is 1. The third kappa shape index (κ3) is 5.74. The van der Waals surface area contributed by atoms with E-state index in [2.05, 4.69) is 10.6 Å². The number of carbonyl (C=O) groups excluding carboxylic acids is 3. The zero-order valence-electron chi connectivity index (χ0n) is 20.2. The molecule has 2 fully saturated rings. The van der Waals surface area contributed by atoms with Crippen LogP contribution in [0.4, 0.5) is 10.5 Å². The van der Waals surface area contributed by atoms with E-state index in [1.54, 1.807) is 43.5 Å². The Hall–Kier alpha value is -3.59. The standard InChI is InChI=1S/C26H33N5O4/c1-17-5-3-6-18(15-17)25(33)30-13-14-31(26(34)29-21-7-4-8-22(16-21)35-2)24(30)23(32)28-20-11-9-19(27)10-12-20/h3-8,15-16,19-20,24H,9-14,27H2,1-2H3,(H,28,32)(H,29,34). The molecular weight excluding hydrogens is 446 g/mol. The molecule has 1 aliphatic heterocycles. The van der Waals surface area contributed by atoms with Crippen LogP contribution >= 0.6 is 0 Å². The Balaban J connectivity index is 1.56. The van der Waals surface area contributed by atoms with Gasteiger partial charge in [0.2, 0.25) is 0 Å². The molecule has 4 N–H and O–H groups in total. The summed E-state index contributed by atoms with van der Waals surface area (Å²) in [7, 11) is 1.55. The van der Waals surface area contributed by atoms with Crippen molar-refractivity contribution in [3.63, 3.8) is 0 Å². The second kappa shape index (κ2) is 10.8. The Morgan fingerprint density at radius 1 is 0.971 bits per heavy atom. The van der Waals surface area contributed by atoms with Gasteiger partial charge in [0.25, 0.3) is 11.8 Å². The van der Waals surface area contributed by atoms with Gasteiger partial charge in [-0.1, -0.05) is 23.8 Å². The molecule has 9 heteroatoms. The minimum atomic E-state index is -1.05. The molecule has 4 rings (SSSR count). The van der Waals surface area contributed by atoms with Gasteiger partial charge in [0.1, 0.15) is 5.75 Å². The Kier molecular flexibility index (Phi) is 7.55. The number of ether oxygens (including phenoxy) is 1. The zero-order valence-corrected chi connectivity index (χ0v) is 20.2. The lowest BCUT2D eigenvalue weighted by Crippen LogP contribution is -2.56. The molecule has 0 aromatic heterocycles. The average Bonchev–Trinajstić information content (AvgIpc) is 3.30. The van der Waals surface area contributed by atoms with E-state index >= 15 is 0 Å². The van der Waals surface area contributed by atoms with Gasteiger partial charge in [-0.05, 0) is 56.9 Å². The molecular formula is C26H33N5O4. The van der Waals surface area contributed by atoms with Gasteiger partial charge < -0.3 is 26.0 Å². The third-order valence-electron chi connectivity index (χ3n) is 6.63.